The Hall–Kier alpha value is -2.41. The quantitative estimate of drug-likeness (QED) is 0.647. The van der Waals surface area contributed by atoms with Gasteiger partial charge in [-0.25, -0.2) is 0 Å². The highest BCUT2D eigenvalue weighted by molar-refractivity contribution is 9.10. The van der Waals surface area contributed by atoms with Gasteiger partial charge in [0.2, 0.25) is 0 Å². The van der Waals surface area contributed by atoms with E-state index in [1.54, 1.807) is 31.2 Å². The van der Waals surface area contributed by atoms with Crippen molar-refractivity contribution in [3.63, 3.8) is 0 Å². The summed E-state index contributed by atoms with van der Waals surface area (Å²) in [5.41, 5.74) is 0.754. The maximum Gasteiger partial charge on any atom is 0.293 e. The number of nitrogens with zero attached hydrogens (tertiary/aromatic N) is 1. The first-order valence-electron chi connectivity index (χ1n) is 6.39. The van der Waals surface area contributed by atoms with Crippen LogP contribution in [0.5, 0.6) is 5.75 Å². The zero-order chi connectivity index (χ0) is 16.1. The van der Waals surface area contributed by atoms with Crippen LogP contribution in [0.25, 0.3) is 0 Å². The second-order valence-corrected chi connectivity index (χ2v) is 5.49. The molecule has 1 N–H and O–H groups in total. The van der Waals surface area contributed by atoms with Crippen LogP contribution in [0.2, 0.25) is 0 Å². The van der Waals surface area contributed by atoms with Gasteiger partial charge in [-0.1, -0.05) is 28.1 Å². The largest absolute Gasteiger partial charge is 0.484 e. The van der Waals surface area contributed by atoms with Crippen LogP contribution in [0.3, 0.4) is 0 Å². The van der Waals surface area contributed by atoms with Gasteiger partial charge in [0.05, 0.1) is 4.92 Å². The van der Waals surface area contributed by atoms with Crippen LogP contribution in [0.1, 0.15) is 5.56 Å². The fourth-order valence-electron chi connectivity index (χ4n) is 1.79. The molecule has 0 aromatic heterocycles. The number of carbonyl (C=O) groups is 1. The van der Waals surface area contributed by atoms with Crippen molar-refractivity contribution >= 4 is 33.2 Å². The number of nitrogens with one attached hydrogen (secondary N) is 1. The van der Waals surface area contributed by atoms with Gasteiger partial charge in [-0.15, -0.1) is 0 Å². The SMILES string of the molecule is Cc1ccc(NC(=O)COc2cccc(Br)c2)c([N+](=O)[O-])c1. The minimum absolute atomic E-state index is 0.143. The number of anilines is 1. The van der Waals surface area contributed by atoms with Crippen molar-refractivity contribution < 1.29 is 14.5 Å². The number of rotatable bonds is 5. The van der Waals surface area contributed by atoms with Crippen molar-refractivity contribution in [1.29, 1.82) is 0 Å². The molecule has 0 radical (unpaired) electrons. The van der Waals surface area contributed by atoms with Crippen LogP contribution in [-0.2, 0) is 4.79 Å². The third kappa shape index (κ3) is 4.29. The minimum atomic E-state index is -0.530. The van der Waals surface area contributed by atoms with Crippen LogP contribution in [0.4, 0.5) is 11.4 Å². The van der Waals surface area contributed by atoms with Gasteiger partial charge in [-0.2, -0.15) is 0 Å². The van der Waals surface area contributed by atoms with Gasteiger partial charge in [0.25, 0.3) is 11.6 Å². The molecule has 2 aromatic rings. The van der Waals surface area contributed by atoms with Crippen molar-refractivity contribution in [2.24, 2.45) is 0 Å². The summed E-state index contributed by atoms with van der Waals surface area (Å²) in [5, 5.41) is 13.5. The molecule has 22 heavy (non-hydrogen) atoms. The van der Waals surface area contributed by atoms with E-state index in [1.165, 1.54) is 12.1 Å². The molecule has 0 unspecified atom stereocenters. The number of hydrogen-bond donors (Lipinski definition) is 1. The first-order valence-corrected chi connectivity index (χ1v) is 7.18. The Labute approximate surface area is 135 Å². The molecule has 0 bridgehead atoms. The van der Waals surface area contributed by atoms with Crippen molar-refractivity contribution in [3.8, 4) is 5.75 Å². The predicted molar refractivity (Wildman–Crippen MR) is 86.1 cm³/mol. The molecular weight excluding hydrogens is 352 g/mol. The van der Waals surface area contributed by atoms with E-state index in [0.717, 1.165) is 10.0 Å². The summed E-state index contributed by atoms with van der Waals surface area (Å²) in [5.74, 6) is 0.0647. The van der Waals surface area contributed by atoms with Crippen molar-refractivity contribution in [2.75, 3.05) is 11.9 Å². The summed E-state index contributed by atoms with van der Waals surface area (Å²) in [6.07, 6.45) is 0. The summed E-state index contributed by atoms with van der Waals surface area (Å²) in [4.78, 5) is 22.3. The molecule has 1 amide bonds. The fourth-order valence-corrected chi connectivity index (χ4v) is 2.17. The average Bonchev–Trinajstić information content (AvgIpc) is 2.47. The summed E-state index contributed by atoms with van der Waals surface area (Å²) in [7, 11) is 0. The second-order valence-electron chi connectivity index (χ2n) is 4.57. The molecule has 2 rings (SSSR count). The van der Waals surface area contributed by atoms with E-state index in [4.69, 9.17) is 4.74 Å². The highest BCUT2D eigenvalue weighted by Crippen LogP contribution is 2.25. The highest BCUT2D eigenvalue weighted by atomic mass is 79.9. The van der Waals surface area contributed by atoms with Gasteiger partial charge < -0.3 is 10.1 Å². The zero-order valence-corrected chi connectivity index (χ0v) is 13.3. The Morgan fingerprint density at radius 2 is 2.09 bits per heavy atom. The van der Waals surface area contributed by atoms with Gasteiger partial charge >= 0.3 is 0 Å². The van der Waals surface area contributed by atoms with Crippen LogP contribution in [0.15, 0.2) is 46.9 Å². The molecular formula is C15H13BrN2O4. The first-order chi connectivity index (χ1) is 10.5. The third-order valence-corrected chi connectivity index (χ3v) is 3.28. The van der Waals surface area contributed by atoms with E-state index in [9.17, 15) is 14.9 Å². The lowest BCUT2D eigenvalue weighted by atomic mass is 10.2. The lowest BCUT2D eigenvalue weighted by Gasteiger charge is -2.08. The normalized spacial score (nSPS) is 10.1. The van der Waals surface area contributed by atoms with Gasteiger partial charge in [-0.3, -0.25) is 14.9 Å². The van der Waals surface area contributed by atoms with Crippen LogP contribution in [-0.4, -0.2) is 17.4 Å². The zero-order valence-electron chi connectivity index (χ0n) is 11.7. The summed E-state index contributed by atoms with van der Waals surface area (Å²) in [6.45, 7) is 1.51. The average molecular weight is 365 g/mol. The van der Waals surface area contributed by atoms with Gasteiger partial charge in [-0.05, 0) is 36.8 Å². The first kappa shape index (κ1) is 16.0. The molecule has 6 nitrogen and oxygen atoms in total. The number of ether oxygens (including phenoxy) is 1. The van der Waals surface area contributed by atoms with E-state index < -0.39 is 10.8 Å². The molecule has 0 saturated heterocycles. The Kier molecular flexibility index (Phi) is 5.11. The Balaban J connectivity index is 2.02. The molecule has 0 saturated carbocycles. The van der Waals surface area contributed by atoms with Crippen LogP contribution < -0.4 is 10.1 Å². The summed E-state index contributed by atoms with van der Waals surface area (Å²) < 4.78 is 6.17. The van der Waals surface area contributed by atoms with E-state index in [1.807, 2.05) is 6.07 Å². The van der Waals surface area contributed by atoms with Gasteiger partial charge in [0.15, 0.2) is 6.61 Å². The number of halogens is 1. The summed E-state index contributed by atoms with van der Waals surface area (Å²) >= 11 is 3.30. The molecule has 0 spiro atoms. The number of nitro groups is 1. The lowest BCUT2D eigenvalue weighted by Crippen LogP contribution is -2.20. The fraction of sp³-hybridized carbons (Fsp3) is 0.133. The number of nitro benzene ring substituents is 1. The second kappa shape index (κ2) is 7.04. The number of carbonyl (C=O) groups excluding carboxylic acids is 1. The molecule has 7 heteroatoms. The standard InChI is InChI=1S/C15H13BrN2O4/c1-10-5-6-13(14(7-10)18(20)21)17-15(19)9-22-12-4-2-3-11(16)8-12/h2-8H,9H2,1H3,(H,17,19). The van der Waals surface area contributed by atoms with E-state index >= 15 is 0 Å². The minimum Gasteiger partial charge on any atom is -0.484 e. The number of benzene rings is 2. The topological polar surface area (TPSA) is 81.5 Å². The Bertz CT molecular complexity index is 718. The number of amides is 1. The molecule has 2 aromatic carbocycles. The maximum absolute atomic E-state index is 11.9. The van der Waals surface area contributed by atoms with Crippen LogP contribution in [0, 0.1) is 17.0 Å². The van der Waals surface area contributed by atoms with Crippen molar-refractivity contribution in [3.05, 3.63) is 62.6 Å². The summed E-state index contributed by atoms with van der Waals surface area (Å²) in [6, 6.07) is 11.7. The lowest BCUT2D eigenvalue weighted by molar-refractivity contribution is -0.384. The van der Waals surface area contributed by atoms with Gasteiger partial charge in [0.1, 0.15) is 11.4 Å². The van der Waals surface area contributed by atoms with Crippen LogP contribution >= 0.6 is 15.9 Å². The molecule has 114 valence electrons. The Morgan fingerprint density at radius 3 is 2.77 bits per heavy atom. The molecule has 0 heterocycles. The number of hydrogen-bond acceptors (Lipinski definition) is 4. The highest BCUT2D eigenvalue weighted by Gasteiger charge is 2.16. The monoisotopic (exact) mass is 364 g/mol. The maximum atomic E-state index is 11.9. The van der Waals surface area contributed by atoms with Crippen molar-refractivity contribution in [2.45, 2.75) is 6.92 Å². The molecule has 0 fully saturated rings. The molecule has 0 aliphatic carbocycles. The van der Waals surface area contributed by atoms with Crippen molar-refractivity contribution in [1.82, 2.24) is 0 Å². The van der Waals surface area contributed by atoms with Gasteiger partial charge in [0, 0.05) is 10.5 Å². The number of aryl methyl sites for hydroxylation is 1. The van der Waals surface area contributed by atoms with E-state index in [0.29, 0.717) is 5.75 Å². The predicted octanol–water partition coefficient (Wildman–Crippen LogP) is 3.68. The molecule has 0 aliphatic heterocycles. The third-order valence-electron chi connectivity index (χ3n) is 2.79. The Morgan fingerprint density at radius 1 is 1.32 bits per heavy atom. The van der Waals surface area contributed by atoms with E-state index in [2.05, 4.69) is 21.2 Å². The smallest absolute Gasteiger partial charge is 0.293 e. The van der Waals surface area contributed by atoms with E-state index in [-0.39, 0.29) is 18.0 Å². The molecule has 0 aliphatic rings. The molecule has 0 atom stereocenters.